The molecule has 0 aromatic heterocycles. The number of non-ortho nitro benzene ring substituents is 1. The largest absolute Gasteiger partial charge is 0.479 e. The fraction of sp³-hybridized carbons (Fsp3) is 0.133. The Bertz CT molecular complexity index is 752. The van der Waals surface area contributed by atoms with Crippen LogP contribution in [0.15, 0.2) is 42.5 Å². The summed E-state index contributed by atoms with van der Waals surface area (Å²) in [5.41, 5.74) is 0.193. The fourth-order valence-electron chi connectivity index (χ4n) is 1.76. The molecule has 0 heterocycles. The van der Waals surface area contributed by atoms with E-state index in [0.717, 1.165) is 0 Å². The van der Waals surface area contributed by atoms with Crippen molar-refractivity contribution >= 4 is 40.5 Å². The Morgan fingerprint density at radius 3 is 2.65 bits per heavy atom. The second-order valence-electron chi connectivity index (χ2n) is 4.63. The number of amides is 1. The van der Waals surface area contributed by atoms with Gasteiger partial charge in [0, 0.05) is 22.8 Å². The molecular weight excluding hydrogens is 343 g/mol. The van der Waals surface area contributed by atoms with Gasteiger partial charge < -0.3 is 10.1 Å². The minimum atomic E-state index is -0.854. The predicted octanol–water partition coefficient (Wildman–Crippen LogP) is 4.31. The van der Waals surface area contributed by atoms with E-state index in [0.29, 0.717) is 16.5 Å². The van der Waals surface area contributed by atoms with Crippen molar-refractivity contribution in [2.24, 2.45) is 0 Å². The number of rotatable bonds is 5. The third-order valence-corrected chi connectivity index (χ3v) is 3.42. The van der Waals surface area contributed by atoms with Gasteiger partial charge in [-0.15, -0.1) is 0 Å². The summed E-state index contributed by atoms with van der Waals surface area (Å²) in [5, 5.41) is 14.0. The van der Waals surface area contributed by atoms with E-state index in [9.17, 15) is 14.9 Å². The number of hydrogen-bond donors (Lipinski definition) is 1. The van der Waals surface area contributed by atoms with Gasteiger partial charge in [-0.3, -0.25) is 14.9 Å². The van der Waals surface area contributed by atoms with Crippen molar-refractivity contribution in [3.63, 3.8) is 0 Å². The molecule has 0 spiro atoms. The molecule has 0 aliphatic carbocycles. The summed E-state index contributed by atoms with van der Waals surface area (Å²) < 4.78 is 5.48. The van der Waals surface area contributed by atoms with Crippen molar-refractivity contribution in [2.45, 2.75) is 13.0 Å². The molecule has 23 heavy (non-hydrogen) atoms. The van der Waals surface area contributed by atoms with E-state index >= 15 is 0 Å². The molecule has 1 amide bonds. The SMILES string of the molecule is C[C@@H](Oc1ccc(Cl)cc1Cl)C(=O)Nc1cccc([N+](=O)[O-])c1. The Hall–Kier alpha value is -2.31. The molecule has 0 aliphatic heterocycles. The molecule has 2 rings (SSSR count). The van der Waals surface area contributed by atoms with Gasteiger partial charge in [0.05, 0.1) is 9.95 Å². The maximum absolute atomic E-state index is 12.1. The van der Waals surface area contributed by atoms with Gasteiger partial charge in [0.2, 0.25) is 0 Å². The van der Waals surface area contributed by atoms with Crippen molar-refractivity contribution in [1.82, 2.24) is 0 Å². The number of benzene rings is 2. The Labute approximate surface area is 142 Å². The van der Waals surface area contributed by atoms with Gasteiger partial charge in [-0.1, -0.05) is 29.3 Å². The first-order valence-corrected chi connectivity index (χ1v) is 7.29. The summed E-state index contributed by atoms with van der Waals surface area (Å²) in [6, 6.07) is 10.3. The van der Waals surface area contributed by atoms with Gasteiger partial charge in [-0.25, -0.2) is 0 Å². The Kier molecular flexibility index (Phi) is 5.41. The number of nitrogens with zero attached hydrogens (tertiary/aromatic N) is 1. The molecule has 2 aromatic rings. The number of anilines is 1. The Balaban J connectivity index is 2.05. The summed E-state index contributed by atoms with van der Waals surface area (Å²) in [5.74, 6) is -0.144. The van der Waals surface area contributed by atoms with E-state index in [1.54, 1.807) is 18.2 Å². The van der Waals surface area contributed by atoms with Crippen molar-refractivity contribution in [1.29, 1.82) is 0 Å². The molecule has 6 nitrogen and oxygen atoms in total. The fourth-order valence-corrected chi connectivity index (χ4v) is 2.21. The van der Waals surface area contributed by atoms with Crippen LogP contribution in [0, 0.1) is 10.1 Å². The van der Waals surface area contributed by atoms with Crippen LogP contribution in [0.1, 0.15) is 6.92 Å². The zero-order valence-corrected chi connectivity index (χ0v) is 13.5. The average molecular weight is 355 g/mol. The number of nitro groups is 1. The number of ether oxygens (including phenoxy) is 1. The monoisotopic (exact) mass is 354 g/mol. The summed E-state index contributed by atoms with van der Waals surface area (Å²) >= 11 is 11.8. The number of halogens is 2. The first-order valence-electron chi connectivity index (χ1n) is 6.54. The molecular formula is C15H12Cl2N2O4. The standard InChI is InChI=1S/C15H12Cl2N2O4/c1-9(23-14-6-5-10(16)7-13(14)17)15(20)18-11-3-2-4-12(8-11)19(21)22/h2-9H,1H3,(H,18,20)/t9-/m1/s1. The van der Waals surface area contributed by atoms with E-state index in [2.05, 4.69) is 5.32 Å². The van der Waals surface area contributed by atoms with Crippen molar-refractivity contribution in [2.75, 3.05) is 5.32 Å². The van der Waals surface area contributed by atoms with Crippen molar-refractivity contribution in [3.05, 3.63) is 62.6 Å². The van der Waals surface area contributed by atoms with Crippen LogP contribution < -0.4 is 10.1 Å². The summed E-state index contributed by atoms with van der Waals surface area (Å²) in [6.07, 6.45) is -0.854. The van der Waals surface area contributed by atoms with Crippen LogP contribution in [0.4, 0.5) is 11.4 Å². The average Bonchev–Trinajstić information content (AvgIpc) is 2.50. The minimum Gasteiger partial charge on any atom is -0.479 e. The number of hydrogen-bond acceptors (Lipinski definition) is 4. The first-order chi connectivity index (χ1) is 10.9. The van der Waals surface area contributed by atoms with Crippen LogP contribution >= 0.6 is 23.2 Å². The van der Waals surface area contributed by atoms with Gasteiger partial charge in [0.15, 0.2) is 6.10 Å². The normalized spacial score (nSPS) is 11.6. The topological polar surface area (TPSA) is 81.5 Å². The molecule has 0 bridgehead atoms. The zero-order valence-electron chi connectivity index (χ0n) is 12.0. The second-order valence-corrected chi connectivity index (χ2v) is 5.48. The van der Waals surface area contributed by atoms with Gasteiger partial charge in [-0.05, 0) is 31.2 Å². The van der Waals surface area contributed by atoms with Crippen molar-refractivity contribution in [3.8, 4) is 5.75 Å². The molecule has 0 aliphatic rings. The second kappa shape index (κ2) is 7.30. The molecule has 120 valence electrons. The number of nitro benzene ring substituents is 1. The lowest BCUT2D eigenvalue weighted by molar-refractivity contribution is -0.384. The maximum atomic E-state index is 12.1. The van der Waals surface area contributed by atoms with Crippen molar-refractivity contribution < 1.29 is 14.5 Å². The van der Waals surface area contributed by atoms with Crippen LogP contribution in [0.3, 0.4) is 0 Å². The third kappa shape index (κ3) is 4.58. The number of nitrogens with one attached hydrogen (secondary N) is 1. The van der Waals surface area contributed by atoms with Gasteiger partial charge in [-0.2, -0.15) is 0 Å². The van der Waals surface area contributed by atoms with Crippen LogP contribution in [-0.4, -0.2) is 16.9 Å². The van der Waals surface area contributed by atoms with E-state index in [1.807, 2.05) is 0 Å². The third-order valence-electron chi connectivity index (χ3n) is 2.89. The smallest absolute Gasteiger partial charge is 0.271 e. The van der Waals surface area contributed by atoms with Crippen LogP contribution in [-0.2, 0) is 4.79 Å². The summed E-state index contributed by atoms with van der Waals surface area (Å²) in [4.78, 5) is 22.3. The lowest BCUT2D eigenvalue weighted by atomic mass is 10.2. The van der Waals surface area contributed by atoms with Crippen LogP contribution in [0.5, 0.6) is 5.75 Å². The van der Waals surface area contributed by atoms with E-state index in [-0.39, 0.29) is 10.7 Å². The molecule has 1 atom stereocenters. The molecule has 0 saturated heterocycles. The molecule has 0 radical (unpaired) electrons. The molecule has 0 saturated carbocycles. The lowest BCUT2D eigenvalue weighted by Crippen LogP contribution is -2.30. The maximum Gasteiger partial charge on any atom is 0.271 e. The molecule has 8 heteroatoms. The minimum absolute atomic E-state index is 0.114. The lowest BCUT2D eigenvalue weighted by Gasteiger charge is -2.15. The van der Waals surface area contributed by atoms with E-state index in [4.69, 9.17) is 27.9 Å². The Morgan fingerprint density at radius 1 is 1.26 bits per heavy atom. The quantitative estimate of drug-likeness (QED) is 0.640. The molecule has 0 fully saturated rings. The van der Waals surface area contributed by atoms with Gasteiger partial charge in [0.25, 0.3) is 11.6 Å². The van der Waals surface area contributed by atoms with Crippen LogP contribution in [0.2, 0.25) is 10.0 Å². The highest BCUT2D eigenvalue weighted by Gasteiger charge is 2.17. The zero-order chi connectivity index (χ0) is 17.0. The highest BCUT2D eigenvalue weighted by molar-refractivity contribution is 6.35. The highest BCUT2D eigenvalue weighted by Crippen LogP contribution is 2.28. The molecule has 0 unspecified atom stereocenters. The van der Waals surface area contributed by atoms with E-state index < -0.39 is 16.9 Å². The van der Waals surface area contributed by atoms with E-state index in [1.165, 1.54) is 31.2 Å². The Morgan fingerprint density at radius 2 is 2.00 bits per heavy atom. The number of carbonyl (C=O) groups is 1. The van der Waals surface area contributed by atoms with Crippen LogP contribution in [0.25, 0.3) is 0 Å². The van der Waals surface area contributed by atoms with Gasteiger partial charge in [0.1, 0.15) is 5.75 Å². The first kappa shape index (κ1) is 17.1. The molecule has 2 aromatic carbocycles. The molecule has 1 N–H and O–H groups in total. The van der Waals surface area contributed by atoms with Gasteiger partial charge >= 0.3 is 0 Å². The summed E-state index contributed by atoms with van der Waals surface area (Å²) in [6.45, 7) is 1.54. The highest BCUT2D eigenvalue weighted by atomic mass is 35.5. The number of carbonyl (C=O) groups excluding carboxylic acids is 1. The predicted molar refractivity (Wildman–Crippen MR) is 88.3 cm³/mol. The summed E-state index contributed by atoms with van der Waals surface area (Å²) in [7, 11) is 0.